The number of carbonyl (C=O) groups is 2. The minimum absolute atomic E-state index is 0.140. The summed E-state index contributed by atoms with van der Waals surface area (Å²) in [6, 6.07) is 7.20. The fourth-order valence-corrected chi connectivity index (χ4v) is 1.97. The lowest BCUT2D eigenvalue weighted by Gasteiger charge is -2.28. The van der Waals surface area contributed by atoms with Crippen LogP contribution in [0.4, 0.5) is 5.69 Å². The van der Waals surface area contributed by atoms with Gasteiger partial charge in [0.05, 0.1) is 16.7 Å². The molecule has 0 spiro atoms. The molecular formula is C16H20N2O3. The lowest BCUT2D eigenvalue weighted by molar-refractivity contribution is -0.153. The maximum atomic E-state index is 12.1. The molecule has 1 atom stereocenters. The molecule has 0 heterocycles. The number of carboxylic acids is 1. The van der Waals surface area contributed by atoms with E-state index in [2.05, 4.69) is 5.32 Å². The van der Waals surface area contributed by atoms with Crippen molar-refractivity contribution in [1.29, 1.82) is 5.26 Å². The van der Waals surface area contributed by atoms with E-state index in [9.17, 15) is 14.7 Å². The zero-order valence-electron chi connectivity index (χ0n) is 12.7. The van der Waals surface area contributed by atoms with Crippen LogP contribution in [-0.2, 0) is 9.59 Å². The first-order valence-corrected chi connectivity index (χ1v) is 6.75. The Kier molecular flexibility index (Phi) is 5.09. The summed E-state index contributed by atoms with van der Waals surface area (Å²) >= 11 is 0. The number of nitriles is 1. The van der Waals surface area contributed by atoms with Crippen LogP contribution in [0.2, 0.25) is 0 Å². The number of hydrogen-bond acceptors (Lipinski definition) is 3. The molecule has 1 aromatic rings. The van der Waals surface area contributed by atoms with Gasteiger partial charge in [-0.2, -0.15) is 5.26 Å². The molecular weight excluding hydrogens is 268 g/mol. The molecule has 0 aromatic heterocycles. The van der Waals surface area contributed by atoms with E-state index < -0.39 is 17.3 Å². The monoisotopic (exact) mass is 288 g/mol. The number of aliphatic carboxylic acids is 1. The van der Waals surface area contributed by atoms with Crippen molar-refractivity contribution in [3.8, 4) is 6.07 Å². The topological polar surface area (TPSA) is 90.2 Å². The molecule has 0 aliphatic carbocycles. The van der Waals surface area contributed by atoms with E-state index in [0.717, 1.165) is 5.56 Å². The number of benzene rings is 1. The van der Waals surface area contributed by atoms with Crippen LogP contribution in [0.25, 0.3) is 0 Å². The molecule has 5 heteroatoms. The highest BCUT2D eigenvalue weighted by atomic mass is 16.4. The van der Waals surface area contributed by atoms with Crippen LogP contribution in [-0.4, -0.2) is 17.0 Å². The molecule has 21 heavy (non-hydrogen) atoms. The normalized spacial score (nSPS) is 13.3. The van der Waals surface area contributed by atoms with Crippen molar-refractivity contribution >= 4 is 17.6 Å². The van der Waals surface area contributed by atoms with Gasteiger partial charge in [-0.05, 0) is 31.4 Å². The molecule has 0 bridgehead atoms. The van der Waals surface area contributed by atoms with Gasteiger partial charge in [0.2, 0.25) is 5.91 Å². The van der Waals surface area contributed by atoms with Crippen LogP contribution >= 0.6 is 0 Å². The average Bonchev–Trinajstić information content (AvgIpc) is 2.38. The van der Waals surface area contributed by atoms with Gasteiger partial charge in [-0.1, -0.05) is 26.0 Å². The van der Waals surface area contributed by atoms with E-state index >= 15 is 0 Å². The van der Waals surface area contributed by atoms with Crippen molar-refractivity contribution in [2.24, 2.45) is 11.3 Å². The minimum atomic E-state index is -1.14. The number of rotatable bonds is 5. The highest BCUT2D eigenvalue weighted by molar-refractivity contribution is 5.95. The number of anilines is 1. The largest absolute Gasteiger partial charge is 0.481 e. The van der Waals surface area contributed by atoms with Gasteiger partial charge in [0, 0.05) is 6.42 Å². The van der Waals surface area contributed by atoms with Gasteiger partial charge >= 0.3 is 5.97 Å². The molecule has 1 amide bonds. The molecule has 0 saturated carbocycles. The molecule has 0 fully saturated rings. The van der Waals surface area contributed by atoms with Crippen molar-refractivity contribution < 1.29 is 14.7 Å². The van der Waals surface area contributed by atoms with Crippen LogP contribution in [0.5, 0.6) is 0 Å². The van der Waals surface area contributed by atoms with Gasteiger partial charge in [-0.15, -0.1) is 0 Å². The van der Waals surface area contributed by atoms with Gasteiger partial charge < -0.3 is 10.4 Å². The number of aryl methyl sites for hydroxylation is 1. The molecule has 1 aromatic carbocycles. The van der Waals surface area contributed by atoms with E-state index in [0.29, 0.717) is 11.3 Å². The second-order valence-corrected chi connectivity index (χ2v) is 5.71. The molecule has 112 valence electrons. The Morgan fingerprint density at radius 2 is 2.05 bits per heavy atom. The third-order valence-electron chi connectivity index (χ3n) is 3.95. The van der Waals surface area contributed by atoms with E-state index in [4.69, 9.17) is 5.26 Å². The lowest BCUT2D eigenvalue weighted by Crippen LogP contribution is -2.37. The summed E-state index contributed by atoms with van der Waals surface area (Å²) in [7, 11) is 0. The molecule has 0 radical (unpaired) electrons. The highest BCUT2D eigenvalue weighted by Crippen LogP contribution is 2.32. The fourth-order valence-electron chi connectivity index (χ4n) is 1.97. The van der Waals surface area contributed by atoms with Crippen molar-refractivity contribution in [1.82, 2.24) is 0 Å². The zero-order valence-corrected chi connectivity index (χ0v) is 12.7. The predicted octanol–water partition coefficient (Wildman–Crippen LogP) is 2.94. The Labute approximate surface area is 124 Å². The third-order valence-corrected chi connectivity index (χ3v) is 3.95. The predicted molar refractivity (Wildman–Crippen MR) is 79.7 cm³/mol. The first kappa shape index (κ1) is 16.7. The van der Waals surface area contributed by atoms with E-state index in [-0.39, 0.29) is 12.3 Å². The third kappa shape index (κ3) is 3.60. The van der Waals surface area contributed by atoms with Crippen LogP contribution in [0.15, 0.2) is 18.2 Å². The number of amides is 1. The van der Waals surface area contributed by atoms with Crippen molar-refractivity contribution in [2.75, 3.05) is 5.32 Å². The van der Waals surface area contributed by atoms with Crippen molar-refractivity contribution in [3.63, 3.8) is 0 Å². The summed E-state index contributed by atoms with van der Waals surface area (Å²) in [6.45, 7) is 6.88. The summed E-state index contributed by atoms with van der Waals surface area (Å²) in [5, 5.41) is 21.1. The molecule has 0 aliphatic rings. The number of hydrogen-bond donors (Lipinski definition) is 2. The number of nitrogens with zero attached hydrogens (tertiary/aromatic N) is 1. The number of carboxylic acid groups (broad SMARTS) is 1. The Hall–Kier alpha value is -2.35. The van der Waals surface area contributed by atoms with Gasteiger partial charge in [-0.25, -0.2) is 0 Å². The summed E-state index contributed by atoms with van der Waals surface area (Å²) < 4.78 is 0. The molecule has 0 saturated heterocycles. The Bertz CT molecular complexity index is 602. The van der Waals surface area contributed by atoms with Crippen molar-refractivity contribution in [2.45, 2.75) is 34.1 Å². The molecule has 1 unspecified atom stereocenters. The SMILES string of the molecule is Cc1cccc(NC(=O)CC(C)(C(=O)O)C(C)C)c1C#N. The maximum Gasteiger partial charge on any atom is 0.310 e. The van der Waals surface area contributed by atoms with Crippen LogP contribution in [0, 0.1) is 29.6 Å². The summed E-state index contributed by atoms with van der Waals surface area (Å²) in [6.07, 6.45) is -0.140. The van der Waals surface area contributed by atoms with Crippen LogP contribution < -0.4 is 5.32 Å². The second-order valence-electron chi connectivity index (χ2n) is 5.71. The first-order chi connectivity index (χ1) is 9.72. The van der Waals surface area contributed by atoms with Crippen LogP contribution in [0.1, 0.15) is 38.3 Å². The average molecular weight is 288 g/mol. The Balaban J connectivity index is 2.96. The minimum Gasteiger partial charge on any atom is -0.481 e. The van der Waals surface area contributed by atoms with Crippen LogP contribution in [0.3, 0.4) is 0 Å². The Morgan fingerprint density at radius 1 is 1.43 bits per heavy atom. The number of carbonyl (C=O) groups excluding carboxylic acids is 1. The first-order valence-electron chi connectivity index (χ1n) is 6.75. The molecule has 2 N–H and O–H groups in total. The maximum absolute atomic E-state index is 12.1. The van der Waals surface area contributed by atoms with E-state index in [1.54, 1.807) is 45.9 Å². The fraction of sp³-hybridized carbons (Fsp3) is 0.438. The smallest absolute Gasteiger partial charge is 0.310 e. The summed E-state index contributed by atoms with van der Waals surface area (Å²) in [5.74, 6) is -1.60. The van der Waals surface area contributed by atoms with E-state index in [1.165, 1.54) is 0 Å². The lowest BCUT2D eigenvalue weighted by atomic mass is 9.76. The summed E-state index contributed by atoms with van der Waals surface area (Å²) in [5.41, 5.74) is 0.437. The van der Waals surface area contributed by atoms with Gasteiger partial charge in [0.25, 0.3) is 0 Å². The highest BCUT2D eigenvalue weighted by Gasteiger charge is 2.38. The number of nitrogens with one attached hydrogen (secondary N) is 1. The van der Waals surface area contributed by atoms with Gasteiger partial charge in [0.15, 0.2) is 0 Å². The van der Waals surface area contributed by atoms with E-state index in [1.807, 2.05) is 6.07 Å². The standard InChI is InChI=1S/C16H20N2O3/c1-10(2)16(4,15(20)21)8-14(19)18-13-7-5-6-11(3)12(13)9-17/h5-7,10H,8H2,1-4H3,(H,18,19)(H,20,21). The summed E-state index contributed by atoms with van der Waals surface area (Å²) in [4.78, 5) is 23.5. The molecule has 1 rings (SSSR count). The molecule has 5 nitrogen and oxygen atoms in total. The molecule has 0 aliphatic heterocycles. The van der Waals surface area contributed by atoms with Crippen molar-refractivity contribution in [3.05, 3.63) is 29.3 Å². The van der Waals surface area contributed by atoms with Gasteiger partial charge in [0.1, 0.15) is 6.07 Å². The zero-order chi connectivity index (χ0) is 16.2. The Morgan fingerprint density at radius 3 is 2.52 bits per heavy atom. The quantitative estimate of drug-likeness (QED) is 0.871. The second kappa shape index (κ2) is 6.40. The van der Waals surface area contributed by atoms with Gasteiger partial charge in [-0.3, -0.25) is 9.59 Å².